The molecule has 1 fully saturated rings. The second-order valence-corrected chi connectivity index (χ2v) is 4.13. The van der Waals surface area contributed by atoms with Crippen LogP contribution < -0.4 is 5.32 Å². The molecule has 2 rings (SSSR count). The number of amides is 2. The Hall–Kier alpha value is -1.17. The number of carbonyl (C=O) groups is 2. The Morgan fingerprint density at radius 2 is 2.21 bits per heavy atom. The molecule has 1 aromatic heterocycles. The monoisotopic (exact) mass is 257 g/mol. The number of nitrogens with one attached hydrogen (secondary N) is 1. The Kier molecular flexibility index (Phi) is 2.14. The average molecular weight is 258 g/mol. The third kappa shape index (κ3) is 1.35. The molecule has 2 amide bonds. The number of rotatable bonds is 1. The Morgan fingerprint density at radius 3 is 2.64 bits per heavy atom. The van der Waals surface area contributed by atoms with E-state index in [2.05, 4.69) is 26.3 Å². The SMILES string of the molecule is Cn1ccc(C2C(=O)NC(=O)C2Br)n1. The van der Waals surface area contributed by atoms with E-state index in [0.717, 1.165) is 0 Å². The number of carbonyl (C=O) groups excluding carboxylic acids is 2. The van der Waals surface area contributed by atoms with Crippen LogP contribution in [0.5, 0.6) is 0 Å². The molecule has 1 aromatic rings. The second-order valence-electron chi connectivity index (χ2n) is 3.15. The standard InChI is InChI=1S/C8H8BrN3O2/c1-12-3-2-4(11-12)5-6(9)8(14)10-7(5)13/h2-3,5-6H,1H3,(H,10,13,14). The fraction of sp³-hybridized carbons (Fsp3) is 0.375. The van der Waals surface area contributed by atoms with Crippen molar-refractivity contribution in [2.75, 3.05) is 0 Å². The normalized spacial score (nSPS) is 26.7. The lowest BCUT2D eigenvalue weighted by Gasteiger charge is -2.04. The van der Waals surface area contributed by atoms with Gasteiger partial charge in [-0.2, -0.15) is 5.10 Å². The highest BCUT2D eigenvalue weighted by Gasteiger charge is 2.42. The largest absolute Gasteiger partial charge is 0.295 e. The minimum atomic E-state index is -0.510. The topological polar surface area (TPSA) is 64.0 Å². The van der Waals surface area contributed by atoms with Gasteiger partial charge in [0.25, 0.3) is 0 Å². The van der Waals surface area contributed by atoms with E-state index < -0.39 is 10.7 Å². The summed E-state index contributed by atoms with van der Waals surface area (Å²) in [5, 5.41) is 6.35. The number of hydrogen-bond donors (Lipinski definition) is 1. The van der Waals surface area contributed by atoms with E-state index in [4.69, 9.17) is 0 Å². The predicted octanol–water partition coefficient (Wildman–Crippen LogP) is -0.0764. The van der Waals surface area contributed by atoms with Crippen molar-refractivity contribution < 1.29 is 9.59 Å². The molecule has 0 bridgehead atoms. The van der Waals surface area contributed by atoms with Gasteiger partial charge in [-0.05, 0) is 6.07 Å². The van der Waals surface area contributed by atoms with Gasteiger partial charge in [0.1, 0.15) is 10.7 Å². The molecule has 2 unspecified atom stereocenters. The van der Waals surface area contributed by atoms with Gasteiger partial charge in [0.2, 0.25) is 11.8 Å². The molecule has 0 spiro atoms. The van der Waals surface area contributed by atoms with E-state index >= 15 is 0 Å². The Morgan fingerprint density at radius 1 is 1.50 bits per heavy atom. The molecule has 74 valence electrons. The number of hydrogen-bond acceptors (Lipinski definition) is 3. The Balaban J connectivity index is 2.35. The molecule has 1 aliphatic heterocycles. The summed E-state index contributed by atoms with van der Waals surface area (Å²) in [6.45, 7) is 0. The maximum atomic E-state index is 11.4. The number of imide groups is 1. The highest BCUT2D eigenvalue weighted by molar-refractivity contribution is 9.10. The zero-order valence-corrected chi connectivity index (χ0v) is 8.98. The van der Waals surface area contributed by atoms with Crippen LogP contribution in [0.4, 0.5) is 0 Å². The molecule has 6 heteroatoms. The maximum Gasteiger partial charge on any atom is 0.241 e. The maximum absolute atomic E-state index is 11.4. The van der Waals surface area contributed by atoms with Crippen LogP contribution >= 0.6 is 15.9 Å². The van der Waals surface area contributed by atoms with Crippen molar-refractivity contribution in [3.63, 3.8) is 0 Å². The van der Waals surface area contributed by atoms with Crippen molar-refractivity contribution in [3.05, 3.63) is 18.0 Å². The van der Waals surface area contributed by atoms with Crippen molar-refractivity contribution in [1.29, 1.82) is 0 Å². The first-order valence-corrected chi connectivity index (χ1v) is 4.99. The fourth-order valence-electron chi connectivity index (χ4n) is 1.44. The van der Waals surface area contributed by atoms with Gasteiger partial charge < -0.3 is 0 Å². The minimum Gasteiger partial charge on any atom is -0.295 e. The number of alkyl halides is 1. The van der Waals surface area contributed by atoms with Crippen molar-refractivity contribution in [2.45, 2.75) is 10.7 Å². The van der Waals surface area contributed by atoms with Gasteiger partial charge in [-0.3, -0.25) is 19.6 Å². The van der Waals surface area contributed by atoms with Crippen LogP contribution in [0.3, 0.4) is 0 Å². The smallest absolute Gasteiger partial charge is 0.241 e. The number of aryl methyl sites for hydroxylation is 1. The number of halogens is 1. The molecule has 2 heterocycles. The van der Waals surface area contributed by atoms with E-state index in [0.29, 0.717) is 5.69 Å². The van der Waals surface area contributed by atoms with Crippen LogP contribution in [0.1, 0.15) is 11.6 Å². The zero-order chi connectivity index (χ0) is 10.3. The van der Waals surface area contributed by atoms with Crippen LogP contribution in [0.2, 0.25) is 0 Å². The molecule has 0 aliphatic carbocycles. The van der Waals surface area contributed by atoms with Gasteiger partial charge >= 0.3 is 0 Å². The summed E-state index contributed by atoms with van der Waals surface area (Å²) in [7, 11) is 1.77. The molecule has 1 N–H and O–H groups in total. The average Bonchev–Trinajstić information content (AvgIpc) is 2.60. The van der Waals surface area contributed by atoms with E-state index in [1.807, 2.05) is 0 Å². The molecule has 14 heavy (non-hydrogen) atoms. The summed E-state index contributed by atoms with van der Waals surface area (Å²) in [6, 6.07) is 1.73. The quantitative estimate of drug-likeness (QED) is 0.566. The first kappa shape index (κ1) is 9.39. The van der Waals surface area contributed by atoms with Crippen LogP contribution in [0.15, 0.2) is 12.3 Å². The van der Waals surface area contributed by atoms with Crippen LogP contribution in [0.25, 0.3) is 0 Å². The molecule has 5 nitrogen and oxygen atoms in total. The molecule has 0 aromatic carbocycles. The lowest BCUT2D eigenvalue weighted by atomic mass is 10.0. The third-order valence-corrected chi connectivity index (χ3v) is 3.07. The molecular formula is C8H8BrN3O2. The first-order valence-electron chi connectivity index (χ1n) is 4.08. The third-order valence-electron chi connectivity index (χ3n) is 2.12. The summed E-state index contributed by atoms with van der Waals surface area (Å²) in [5.74, 6) is -1.11. The molecule has 0 saturated carbocycles. The molecule has 1 aliphatic rings. The van der Waals surface area contributed by atoms with E-state index in [1.54, 1.807) is 24.0 Å². The van der Waals surface area contributed by atoms with Crippen molar-refractivity contribution >= 4 is 27.7 Å². The van der Waals surface area contributed by atoms with E-state index in [9.17, 15) is 9.59 Å². The minimum absolute atomic E-state index is 0.296. The highest BCUT2D eigenvalue weighted by atomic mass is 79.9. The Bertz CT molecular complexity index is 401. The molecule has 2 atom stereocenters. The van der Waals surface area contributed by atoms with Crippen LogP contribution in [0, 0.1) is 0 Å². The first-order chi connectivity index (χ1) is 6.59. The summed E-state index contributed by atoms with van der Waals surface area (Å²) >= 11 is 3.17. The predicted molar refractivity (Wildman–Crippen MR) is 51.8 cm³/mol. The summed E-state index contributed by atoms with van der Waals surface area (Å²) < 4.78 is 1.60. The van der Waals surface area contributed by atoms with Gasteiger partial charge in [-0.25, -0.2) is 0 Å². The van der Waals surface area contributed by atoms with Gasteiger partial charge in [0, 0.05) is 13.2 Å². The van der Waals surface area contributed by atoms with Crippen LogP contribution in [-0.4, -0.2) is 26.4 Å². The van der Waals surface area contributed by atoms with Gasteiger partial charge in [0.05, 0.1) is 5.69 Å². The second kappa shape index (κ2) is 3.20. The molecule has 1 saturated heterocycles. The van der Waals surface area contributed by atoms with Crippen LogP contribution in [-0.2, 0) is 16.6 Å². The number of aromatic nitrogens is 2. The van der Waals surface area contributed by atoms with E-state index in [-0.39, 0.29) is 11.8 Å². The van der Waals surface area contributed by atoms with Gasteiger partial charge in [-0.1, -0.05) is 15.9 Å². The van der Waals surface area contributed by atoms with Gasteiger partial charge in [0.15, 0.2) is 0 Å². The summed E-state index contributed by atoms with van der Waals surface area (Å²) in [6.07, 6.45) is 1.74. The lowest BCUT2D eigenvalue weighted by molar-refractivity contribution is -0.125. The fourth-order valence-corrected chi connectivity index (χ4v) is 2.06. The summed E-state index contributed by atoms with van der Waals surface area (Å²) in [5.41, 5.74) is 0.609. The van der Waals surface area contributed by atoms with Crippen molar-refractivity contribution in [1.82, 2.24) is 15.1 Å². The molecular weight excluding hydrogens is 250 g/mol. The Labute approximate surface area is 88.6 Å². The van der Waals surface area contributed by atoms with Crippen molar-refractivity contribution in [2.24, 2.45) is 7.05 Å². The lowest BCUT2D eigenvalue weighted by Crippen LogP contribution is -2.22. The highest BCUT2D eigenvalue weighted by Crippen LogP contribution is 2.28. The van der Waals surface area contributed by atoms with Gasteiger partial charge in [-0.15, -0.1) is 0 Å². The molecule has 0 radical (unpaired) electrons. The number of nitrogens with zero attached hydrogens (tertiary/aromatic N) is 2. The van der Waals surface area contributed by atoms with Crippen molar-refractivity contribution in [3.8, 4) is 0 Å². The zero-order valence-electron chi connectivity index (χ0n) is 7.40. The summed E-state index contributed by atoms with van der Waals surface area (Å²) in [4.78, 5) is 22.0. The van der Waals surface area contributed by atoms with E-state index in [1.165, 1.54) is 0 Å².